The van der Waals surface area contributed by atoms with Crippen molar-refractivity contribution in [1.29, 1.82) is 0 Å². The summed E-state index contributed by atoms with van der Waals surface area (Å²) < 4.78 is 1.92. The van der Waals surface area contributed by atoms with E-state index in [-0.39, 0.29) is 0 Å². The lowest BCUT2D eigenvalue weighted by atomic mass is 11.9. The average molecular weight is 106 g/mol. The van der Waals surface area contributed by atoms with E-state index in [0.717, 1.165) is 0 Å². The maximum absolute atomic E-state index is 8.00. The van der Waals surface area contributed by atoms with E-state index >= 15 is 0 Å². The molecule has 0 fully saturated rings. The van der Waals surface area contributed by atoms with Gasteiger partial charge in [0.2, 0.25) is 0 Å². The van der Waals surface area contributed by atoms with Crippen molar-refractivity contribution in [2.24, 2.45) is 0 Å². The van der Waals surface area contributed by atoms with Crippen molar-refractivity contribution in [3.05, 3.63) is 0 Å². The number of hydrogen-bond donors (Lipinski definition) is 0. The highest BCUT2D eigenvalue weighted by Gasteiger charge is 1.01. The molecule has 0 heterocycles. The minimum absolute atomic E-state index is 1.92. The first-order chi connectivity index (χ1) is 2.41. The molecule has 0 atom stereocenters. The predicted molar refractivity (Wildman–Crippen MR) is 27.3 cm³/mol. The Bertz CT molecular complexity index is 36.9. The van der Waals surface area contributed by atoms with Crippen molar-refractivity contribution in [2.45, 2.75) is 0 Å². The van der Waals surface area contributed by atoms with Crippen molar-refractivity contribution >= 4 is 35.5 Å². The number of thiocarbonyl (C=S) groups is 2. The number of hydrogen-bond acceptors (Lipinski definition) is 3. The van der Waals surface area contributed by atoms with Gasteiger partial charge in [-0.05, 0) is 24.4 Å². The number of carbonyl (C=O) groups excluding carboxylic acids is 1. The van der Waals surface area contributed by atoms with E-state index in [0.29, 0.717) is 0 Å². The van der Waals surface area contributed by atoms with Gasteiger partial charge in [-0.1, -0.05) is 0 Å². The molecule has 0 aliphatic heterocycles. The Labute approximate surface area is 41.0 Å². The fourth-order valence-electron chi connectivity index (χ4n) is 0. The van der Waals surface area contributed by atoms with E-state index in [1.54, 1.807) is 0 Å². The van der Waals surface area contributed by atoms with Gasteiger partial charge < -0.3 is 4.79 Å². The van der Waals surface area contributed by atoms with Crippen LogP contribution in [0.25, 0.3) is 0 Å². The summed E-state index contributed by atoms with van der Waals surface area (Å²) in [5.74, 6) is 0. The topological polar surface area (TPSA) is 17.1 Å². The lowest BCUT2D eigenvalue weighted by Gasteiger charge is -0.992. The van der Waals surface area contributed by atoms with Crippen LogP contribution in [-0.4, -0.2) is 11.1 Å². The maximum Gasteiger partial charge on any atom is 0.106 e. The summed E-state index contributed by atoms with van der Waals surface area (Å²) >= 11 is 7.92. The van der Waals surface area contributed by atoms with Gasteiger partial charge in [-0.2, -0.15) is 0 Å². The van der Waals surface area contributed by atoms with Crippen molar-refractivity contribution in [2.75, 3.05) is 0 Å². The minimum Gasteiger partial charge on any atom is -0.307 e. The largest absolute Gasteiger partial charge is 0.307 e. The molecule has 0 aromatic rings. The highest BCUT2D eigenvalue weighted by atomic mass is 32.1. The van der Waals surface area contributed by atoms with Gasteiger partial charge in [-0.15, -0.1) is 0 Å². The molecular formula is C2H2OS2. The molecule has 0 N–H and O–H groups in total. The zero-order chi connectivity index (χ0) is 4.71. The van der Waals surface area contributed by atoms with E-state index < -0.39 is 0 Å². The first kappa shape index (κ1) is 8.86. The van der Waals surface area contributed by atoms with Crippen molar-refractivity contribution in [1.82, 2.24) is 0 Å². The first-order valence-electron chi connectivity index (χ1n) is 0.697. The zero-order valence-electron chi connectivity index (χ0n) is 2.43. The normalized spacial score (nSPS) is 2.40. The molecule has 0 radical (unpaired) electrons. The smallest absolute Gasteiger partial charge is 0.106 e. The van der Waals surface area contributed by atoms with Gasteiger partial charge in [-0.25, -0.2) is 0 Å². The molecule has 0 saturated carbocycles. The SMILES string of the molecule is C=O.S=C=S. The van der Waals surface area contributed by atoms with Gasteiger partial charge in [0.05, 0.1) is 0 Å². The highest BCUT2D eigenvalue weighted by molar-refractivity contribution is 7.93. The molecule has 0 aromatic carbocycles. The standard InChI is InChI=1S/CH2O.CS2/c1-2;2-1-3/h1H2;. The maximum atomic E-state index is 8.00. The molecule has 1 nitrogen and oxygen atoms in total. The fourth-order valence-corrected chi connectivity index (χ4v) is 0. The summed E-state index contributed by atoms with van der Waals surface area (Å²) in [5, 5.41) is 0. The molecule has 0 unspecified atom stereocenters. The molecule has 0 spiro atoms. The Hall–Kier alpha value is -0.110. The summed E-state index contributed by atoms with van der Waals surface area (Å²) in [6.45, 7) is 2.00. The molecule has 0 aromatic heterocycles. The summed E-state index contributed by atoms with van der Waals surface area (Å²) in [5.41, 5.74) is 0. The minimum atomic E-state index is 1.92. The van der Waals surface area contributed by atoms with Crippen LogP contribution in [0.2, 0.25) is 0 Å². The fraction of sp³-hybridized carbons (Fsp3) is 0. The van der Waals surface area contributed by atoms with Gasteiger partial charge in [0.25, 0.3) is 0 Å². The van der Waals surface area contributed by atoms with Gasteiger partial charge >= 0.3 is 0 Å². The Morgan fingerprint density at radius 2 is 1.40 bits per heavy atom. The predicted octanol–water partition coefficient (Wildman–Crippen LogP) is 0.833. The average Bonchev–Trinajstić information content (AvgIpc) is 1.46. The van der Waals surface area contributed by atoms with Crippen LogP contribution in [0.3, 0.4) is 0 Å². The zero-order valence-corrected chi connectivity index (χ0v) is 4.06. The van der Waals surface area contributed by atoms with Gasteiger partial charge in [0, 0.05) is 4.31 Å². The highest BCUT2D eigenvalue weighted by Crippen LogP contribution is 1.29. The molecule has 0 bridgehead atoms. The van der Waals surface area contributed by atoms with Crippen LogP contribution in [0.4, 0.5) is 0 Å². The number of rotatable bonds is 0. The Morgan fingerprint density at radius 1 is 1.40 bits per heavy atom. The van der Waals surface area contributed by atoms with Crippen LogP contribution in [0, 0.1) is 0 Å². The lowest BCUT2D eigenvalue weighted by Crippen LogP contribution is -0.925. The van der Waals surface area contributed by atoms with E-state index in [9.17, 15) is 0 Å². The van der Waals surface area contributed by atoms with Crippen LogP contribution in [0.5, 0.6) is 0 Å². The summed E-state index contributed by atoms with van der Waals surface area (Å²) in [4.78, 5) is 8.00. The van der Waals surface area contributed by atoms with Crippen molar-refractivity contribution < 1.29 is 4.79 Å². The molecule has 0 aliphatic carbocycles. The third-order valence-electron chi connectivity index (χ3n) is 0. The second kappa shape index (κ2) is 41.0. The van der Waals surface area contributed by atoms with Gasteiger partial charge in [-0.3, -0.25) is 0 Å². The van der Waals surface area contributed by atoms with E-state index in [2.05, 4.69) is 24.4 Å². The van der Waals surface area contributed by atoms with Gasteiger partial charge in [0.15, 0.2) is 0 Å². The molecule has 28 valence electrons. The quantitative estimate of drug-likeness (QED) is 0.426. The molecule has 0 aliphatic rings. The molecule has 5 heavy (non-hydrogen) atoms. The third kappa shape index (κ3) is 1150. The lowest BCUT2D eigenvalue weighted by molar-refractivity contribution is -0.0979. The molecular weight excluding hydrogens is 104 g/mol. The summed E-state index contributed by atoms with van der Waals surface area (Å²) in [6, 6.07) is 0. The monoisotopic (exact) mass is 106 g/mol. The van der Waals surface area contributed by atoms with Crippen LogP contribution < -0.4 is 0 Å². The van der Waals surface area contributed by atoms with Crippen LogP contribution >= 0.6 is 24.4 Å². The Kier molecular flexibility index (Phi) is 72.7. The van der Waals surface area contributed by atoms with E-state index in [1.807, 2.05) is 11.1 Å². The van der Waals surface area contributed by atoms with Crippen LogP contribution in [0.1, 0.15) is 0 Å². The molecule has 3 heteroatoms. The Morgan fingerprint density at radius 3 is 1.40 bits per heavy atom. The second-order valence-corrected chi connectivity index (χ2v) is 0.750. The number of carbonyl (C=O) groups is 1. The van der Waals surface area contributed by atoms with Crippen LogP contribution in [-0.2, 0) is 4.79 Å². The molecule has 0 rings (SSSR count). The third-order valence-corrected chi connectivity index (χ3v) is 0. The van der Waals surface area contributed by atoms with E-state index in [4.69, 9.17) is 4.79 Å². The second-order valence-electron chi connectivity index (χ2n) is 0.0833. The van der Waals surface area contributed by atoms with Crippen molar-refractivity contribution in [3.8, 4) is 0 Å². The van der Waals surface area contributed by atoms with Crippen molar-refractivity contribution in [3.63, 3.8) is 0 Å². The first-order valence-corrected chi connectivity index (χ1v) is 1.51. The van der Waals surface area contributed by atoms with Crippen LogP contribution in [0.15, 0.2) is 0 Å². The summed E-state index contributed by atoms with van der Waals surface area (Å²) in [7, 11) is 0. The summed E-state index contributed by atoms with van der Waals surface area (Å²) in [6.07, 6.45) is 0. The Balaban J connectivity index is 0. The molecule has 0 saturated heterocycles. The molecule has 0 amide bonds. The van der Waals surface area contributed by atoms with E-state index in [1.165, 1.54) is 0 Å². The van der Waals surface area contributed by atoms with Gasteiger partial charge in [0.1, 0.15) is 6.79 Å².